The fourth-order valence-corrected chi connectivity index (χ4v) is 1.52. The molecule has 0 amide bonds. The molecule has 0 unspecified atom stereocenters. The Labute approximate surface area is 106 Å². The van der Waals surface area contributed by atoms with E-state index in [1.54, 1.807) is 30.5 Å². The summed E-state index contributed by atoms with van der Waals surface area (Å²) < 4.78 is 0. The van der Waals surface area contributed by atoms with Crippen molar-refractivity contribution in [2.24, 2.45) is 10.9 Å². The maximum atomic E-state index is 10.9. The summed E-state index contributed by atoms with van der Waals surface area (Å²) in [5, 5.41) is 11.5. The number of nitrogens with zero attached hydrogens (tertiary/aromatic N) is 1. The molecular weight excluding hydrogens is 238 g/mol. The van der Waals surface area contributed by atoms with Crippen LogP contribution in [-0.2, 0) is 4.79 Å². The largest absolute Gasteiger partial charge is 0.548 e. The van der Waals surface area contributed by atoms with E-state index in [0.717, 1.165) is 5.56 Å². The Balaban J connectivity index is 2.72. The van der Waals surface area contributed by atoms with Gasteiger partial charge >= 0.3 is 0 Å². The quantitative estimate of drug-likeness (QED) is 0.752. The van der Waals surface area contributed by atoms with Crippen molar-refractivity contribution in [1.29, 1.82) is 0 Å². The van der Waals surface area contributed by atoms with Gasteiger partial charge in [-0.1, -0.05) is 37.6 Å². The molecule has 0 aliphatic carbocycles. The number of carboxylic acids is 1. The lowest BCUT2D eigenvalue weighted by Crippen LogP contribution is -2.35. The highest BCUT2D eigenvalue weighted by atomic mass is 35.5. The number of rotatable bonds is 5. The normalized spacial score (nSPS) is 13.2. The summed E-state index contributed by atoms with van der Waals surface area (Å²) in [6.45, 7) is 3.90. The van der Waals surface area contributed by atoms with Crippen molar-refractivity contribution in [2.45, 2.75) is 26.3 Å². The fourth-order valence-electron chi connectivity index (χ4n) is 1.39. The summed E-state index contributed by atoms with van der Waals surface area (Å²) in [6, 6.07) is 6.26. The van der Waals surface area contributed by atoms with Crippen LogP contribution in [0.25, 0.3) is 0 Å². The summed E-state index contributed by atoms with van der Waals surface area (Å²) >= 11 is 5.75. The lowest BCUT2D eigenvalue weighted by Gasteiger charge is -2.15. The first-order valence-electron chi connectivity index (χ1n) is 5.48. The van der Waals surface area contributed by atoms with E-state index in [-0.39, 0.29) is 5.92 Å². The van der Waals surface area contributed by atoms with E-state index in [2.05, 4.69) is 4.99 Å². The van der Waals surface area contributed by atoms with Crippen molar-refractivity contribution in [2.75, 3.05) is 0 Å². The van der Waals surface area contributed by atoms with Gasteiger partial charge < -0.3 is 9.90 Å². The van der Waals surface area contributed by atoms with E-state index in [0.29, 0.717) is 11.4 Å². The van der Waals surface area contributed by atoms with Crippen molar-refractivity contribution >= 4 is 23.8 Å². The van der Waals surface area contributed by atoms with Crippen LogP contribution in [0.15, 0.2) is 29.3 Å². The molecule has 3 nitrogen and oxygen atoms in total. The number of carbonyl (C=O) groups is 1. The SMILES string of the molecule is CC(C)C[C@@H](N=Cc1ccc(Cl)cc1)C(=O)[O-]. The zero-order chi connectivity index (χ0) is 12.8. The standard InChI is InChI=1S/C13H16ClNO2/c1-9(2)7-12(13(16)17)15-8-10-3-5-11(14)6-4-10/h3-6,8-9,12H,7H2,1-2H3,(H,16,17)/p-1/t12-/m1/s1. The van der Waals surface area contributed by atoms with Gasteiger partial charge in [0.15, 0.2) is 0 Å². The molecule has 17 heavy (non-hydrogen) atoms. The number of aliphatic carboxylic acids is 1. The second-order valence-corrected chi connectivity index (χ2v) is 4.73. The van der Waals surface area contributed by atoms with Gasteiger partial charge in [0, 0.05) is 11.2 Å². The first kappa shape index (κ1) is 13.7. The number of benzene rings is 1. The van der Waals surface area contributed by atoms with Crippen LogP contribution in [0.4, 0.5) is 0 Å². The lowest BCUT2D eigenvalue weighted by atomic mass is 10.0. The third-order valence-corrected chi connectivity index (χ3v) is 2.49. The van der Waals surface area contributed by atoms with Gasteiger partial charge in [0.2, 0.25) is 0 Å². The molecule has 4 heteroatoms. The summed E-state index contributed by atoms with van der Waals surface area (Å²) in [5.41, 5.74) is 0.824. The molecular formula is C13H15ClNO2-. The first-order valence-corrected chi connectivity index (χ1v) is 5.86. The lowest BCUT2D eigenvalue weighted by molar-refractivity contribution is -0.307. The number of carbonyl (C=O) groups excluding carboxylic acids is 1. The van der Waals surface area contributed by atoms with Crippen LogP contribution in [0.3, 0.4) is 0 Å². The minimum absolute atomic E-state index is 0.264. The molecule has 0 heterocycles. The molecule has 0 bridgehead atoms. The molecule has 0 N–H and O–H groups in total. The predicted molar refractivity (Wildman–Crippen MR) is 67.3 cm³/mol. The van der Waals surface area contributed by atoms with Crippen LogP contribution < -0.4 is 5.11 Å². The number of carboxylic acid groups (broad SMARTS) is 1. The number of hydrogen-bond donors (Lipinski definition) is 0. The summed E-state index contributed by atoms with van der Waals surface area (Å²) in [6.07, 6.45) is 2.02. The Morgan fingerprint density at radius 3 is 2.47 bits per heavy atom. The molecule has 0 spiro atoms. The molecule has 92 valence electrons. The molecule has 0 aliphatic heterocycles. The molecule has 0 saturated carbocycles. The Hall–Kier alpha value is -1.35. The van der Waals surface area contributed by atoms with Crippen LogP contribution in [0.2, 0.25) is 5.02 Å². The fraction of sp³-hybridized carbons (Fsp3) is 0.385. The zero-order valence-corrected chi connectivity index (χ0v) is 10.6. The Bertz CT molecular complexity index is 398. The highest BCUT2D eigenvalue weighted by Crippen LogP contribution is 2.10. The van der Waals surface area contributed by atoms with Crippen LogP contribution in [0.5, 0.6) is 0 Å². The van der Waals surface area contributed by atoms with E-state index < -0.39 is 12.0 Å². The molecule has 0 saturated heterocycles. The molecule has 0 radical (unpaired) electrons. The molecule has 0 fully saturated rings. The Kier molecular flexibility index (Phi) is 5.16. The third kappa shape index (κ3) is 5.00. The first-order chi connectivity index (χ1) is 7.99. The minimum Gasteiger partial charge on any atom is -0.548 e. The summed E-state index contributed by atoms with van der Waals surface area (Å²) in [7, 11) is 0. The zero-order valence-electron chi connectivity index (χ0n) is 9.89. The van der Waals surface area contributed by atoms with Crippen LogP contribution in [0.1, 0.15) is 25.8 Å². The Morgan fingerprint density at radius 2 is 2.00 bits per heavy atom. The van der Waals surface area contributed by atoms with Gasteiger partial charge in [-0.3, -0.25) is 4.99 Å². The summed E-state index contributed by atoms with van der Waals surface area (Å²) in [5.74, 6) is -0.871. The maximum absolute atomic E-state index is 10.9. The number of hydrogen-bond acceptors (Lipinski definition) is 3. The van der Waals surface area contributed by atoms with Gasteiger partial charge in [0.05, 0.1) is 12.0 Å². The monoisotopic (exact) mass is 252 g/mol. The second kappa shape index (κ2) is 6.40. The highest BCUT2D eigenvalue weighted by Gasteiger charge is 2.09. The van der Waals surface area contributed by atoms with Gasteiger partial charge in [-0.25, -0.2) is 0 Å². The van der Waals surface area contributed by atoms with Crippen molar-refractivity contribution in [3.05, 3.63) is 34.9 Å². The molecule has 1 aromatic carbocycles. The van der Waals surface area contributed by atoms with Crippen molar-refractivity contribution < 1.29 is 9.90 Å². The van der Waals surface area contributed by atoms with Crippen LogP contribution >= 0.6 is 11.6 Å². The van der Waals surface area contributed by atoms with E-state index in [9.17, 15) is 9.90 Å². The maximum Gasteiger partial charge on any atom is 0.0895 e. The van der Waals surface area contributed by atoms with Gasteiger partial charge in [0.25, 0.3) is 0 Å². The molecule has 1 rings (SSSR count). The van der Waals surface area contributed by atoms with E-state index in [4.69, 9.17) is 11.6 Å². The van der Waals surface area contributed by atoms with Crippen molar-refractivity contribution in [1.82, 2.24) is 0 Å². The van der Waals surface area contributed by atoms with Gasteiger partial charge in [-0.05, 0) is 30.0 Å². The summed E-state index contributed by atoms with van der Waals surface area (Å²) in [4.78, 5) is 14.9. The van der Waals surface area contributed by atoms with E-state index >= 15 is 0 Å². The predicted octanol–water partition coefficient (Wildman–Crippen LogP) is 1.92. The van der Waals surface area contributed by atoms with Crippen LogP contribution in [0, 0.1) is 5.92 Å². The minimum atomic E-state index is -1.14. The average Bonchev–Trinajstić information content (AvgIpc) is 2.25. The molecule has 1 aromatic rings. The van der Waals surface area contributed by atoms with E-state index in [1.807, 2.05) is 13.8 Å². The van der Waals surface area contributed by atoms with E-state index in [1.165, 1.54) is 0 Å². The topological polar surface area (TPSA) is 52.5 Å². The van der Waals surface area contributed by atoms with Gasteiger partial charge in [-0.15, -0.1) is 0 Å². The second-order valence-electron chi connectivity index (χ2n) is 4.29. The Morgan fingerprint density at radius 1 is 1.41 bits per heavy atom. The smallest absolute Gasteiger partial charge is 0.0895 e. The average molecular weight is 253 g/mol. The van der Waals surface area contributed by atoms with Crippen LogP contribution in [-0.4, -0.2) is 18.2 Å². The van der Waals surface area contributed by atoms with Crippen molar-refractivity contribution in [3.8, 4) is 0 Å². The molecule has 0 aliphatic rings. The molecule has 1 atom stereocenters. The number of aliphatic imine (C=N–C) groups is 1. The molecule has 0 aromatic heterocycles. The highest BCUT2D eigenvalue weighted by molar-refractivity contribution is 6.30. The third-order valence-electron chi connectivity index (χ3n) is 2.24. The number of halogens is 1. The van der Waals surface area contributed by atoms with Gasteiger partial charge in [-0.2, -0.15) is 0 Å². The van der Waals surface area contributed by atoms with Crippen molar-refractivity contribution in [3.63, 3.8) is 0 Å². The van der Waals surface area contributed by atoms with Gasteiger partial charge in [0.1, 0.15) is 0 Å².